The van der Waals surface area contributed by atoms with Crippen LogP contribution >= 0.6 is 35.6 Å². The van der Waals surface area contributed by atoms with Crippen LogP contribution in [0.4, 0.5) is 0 Å². The quantitative estimate of drug-likeness (QED) is 0.609. The maximum atomic E-state index is 11.3. The first-order valence-corrected chi connectivity index (χ1v) is 9.76. The predicted molar refractivity (Wildman–Crippen MR) is 113 cm³/mol. The molecule has 1 fully saturated rings. The number of aliphatic hydroxyl groups is 1. The van der Waals surface area contributed by atoms with E-state index in [-0.39, 0.29) is 18.3 Å². The van der Waals surface area contributed by atoms with E-state index in [1.54, 1.807) is 0 Å². The van der Waals surface area contributed by atoms with E-state index in [1.807, 2.05) is 36.4 Å². The van der Waals surface area contributed by atoms with Gasteiger partial charge >= 0.3 is 0 Å². The molecule has 1 aliphatic rings. The Kier molecular flexibility index (Phi) is 8.25. The first-order chi connectivity index (χ1) is 12.1. The summed E-state index contributed by atoms with van der Waals surface area (Å²) in [4.78, 5) is 0. The Bertz CT molecular complexity index is 687. The highest BCUT2D eigenvalue weighted by Gasteiger charge is 2.38. The van der Waals surface area contributed by atoms with Gasteiger partial charge in [-0.05, 0) is 36.1 Å². The number of nitrogens with one attached hydrogen (secondary N) is 1. The minimum Gasteiger partial charge on any atom is -0.389 e. The molecule has 0 spiro atoms. The molecular weight excluding hydrogens is 389 g/mol. The van der Waals surface area contributed by atoms with Gasteiger partial charge in [-0.2, -0.15) is 0 Å². The van der Waals surface area contributed by atoms with Crippen molar-refractivity contribution in [2.24, 2.45) is 0 Å². The molecule has 2 aromatic carbocycles. The van der Waals surface area contributed by atoms with Gasteiger partial charge in [0, 0.05) is 19.0 Å². The summed E-state index contributed by atoms with van der Waals surface area (Å²) in [5.41, 5.74) is 1.62. The largest absolute Gasteiger partial charge is 0.389 e. The molecule has 0 aliphatic heterocycles. The average Bonchev–Trinajstić information content (AvgIpc) is 2.63. The van der Waals surface area contributed by atoms with Crippen molar-refractivity contribution in [2.75, 3.05) is 6.54 Å². The summed E-state index contributed by atoms with van der Waals surface area (Å²) in [5.74, 6) is 0.00581. The number of hydrogen-bond donors (Lipinski definition) is 2. The van der Waals surface area contributed by atoms with E-state index in [1.165, 1.54) is 12.0 Å². The lowest BCUT2D eigenvalue weighted by Gasteiger charge is -2.40. The number of benzene rings is 2. The Hall–Kier alpha value is -0.770. The maximum absolute atomic E-state index is 11.3. The molecule has 2 N–H and O–H groups in total. The van der Waals surface area contributed by atoms with Crippen LogP contribution in [0.1, 0.15) is 49.1 Å². The van der Waals surface area contributed by atoms with Crippen LogP contribution in [-0.2, 0) is 6.54 Å². The van der Waals surface area contributed by atoms with E-state index >= 15 is 0 Å². The zero-order valence-corrected chi connectivity index (χ0v) is 17.1. The monoisotopic (exact) mass is 413 g/mol. The second-order valence-corrected chi connectivity index (χ2v) is 7.82. The van der Waals surface area contributed by atoms with Crippen molar-refractivity contribution < 1.29 is 5.11 Å². The van der Waals surface area contributed by atoms with Gasteiger partial charge in [-0.3, -0.25) is 0 Å². The lowest BCUT2D eigenvalue weighted by atomic mass is 9.72. The van der Waals surface area contributed by atoms with Gasteiger partial charge in [-0.15, -0.1) is 12.4 Å². The summed E-state index contributed by atoms with van der Waals surface area (Å²) in [7, 11) is 0. The zero-order valence-electron chi connectivity index (χ0n) is 14.8. The standard InChI is InChI=1S/C21H25Cl2NO.ClH/c22-19-10-9-17(13-20(19)23)18(21(25)11-5-2-6-12-21)15-24-14-16-7-3-1-4-8-16;/h1,3-4,7-10,13,18,24-25H,2,5-6,11-12,14-15H2;1H. The van der Waals surface area contributed by atoms with Crippen LogP contribution in [0.25, 0.3) is 0 Å². The van der Waals surface area contributed by atoms with E-state index in [9.17, 15) is 5.11 Å². The highest BCUT2D eigenvalue weighted by atomic mass is 35.5. The Morgan fingerprint density at radius 1 is 0.962 bits per heavy atom. The van der Waals surface area contributed by atoms with Gasteiger partial charge in [0.15, 0.2) is 0 Å². The molecule has 0 aromatic heterocycles. The van der Waals surface area contributed by atoms with Crippen LogP contribution in [0.2, 0.25) is 10.0 Å². The van der Waals surface area contributed by atoms with Crippen molar-refractivity contribution in [1.29, 1.82) is 0 Å². The minimum absolute atomic E-state index is 0. The second kappa shape index (κ2) is 9.96. The smallest absolute Gasteiger partial charge is 0.0728 e. The third-order valence-corrected chi connectivity index (χ3v) is 5.97. The summed E-state index contributed by atoms with van der Waals surface area (Å²) < 4.78 is 0. The van der Waals surface area contributed by atoms with Crippen molar-refractivity contribution in [3.05, 3.63) is 69.7 Å². The lowest BCUT2D eigenvalue weighted by Crippen LogP contribution is -2.43. The Morgan fingerprint density at radius 3 is 2.31 bits per heavy atom. The molecule has 1 unspecified atom stereocenters. The van der Waals surface area contributed by atoms with Crippen LogP contribution in [0, 0.1) is 0 Å². The van der Waals surface area contributed by atoms with Crippen LogP contribution in [0.15, 0.2) is 48.5 Å². The Morgan fingerprint density at radius 2 is 1.65 bits per heavy atom. The zero-order chi connectivity index (χ0) is 17.7. The summed E-state index contributed by atoms with van der Waals surface area (Å²) in [6.45, 7) is 1.50. The Labute approximate surface area is 172 Å². The molecule has 26 heavy (non-hydrogen) atoms. The fourth-order valence-electron chi connectivity index (χ4n) is 3.82. The molecule has 2 nitrogen and oxygen atoms in total. The maximum Gasteiger partial charge on any atom is 0.0728 e. The van der Waals surface area contributed by atoms with Gasteiger partial charge in [0.05, 0.1) is 15.6 Å². The van der Waals surface area contributed by atoms with Gasteiger partial charge in [0.2, 0.25) is 0 Å². The average molecular weight is 415 g/mol. The molecule has 1 atom stereocenters. The lowest BCUT2D eigenvalue weighted by molar-refractivity contribution is -0.0216. The molecule has 0 heterocycles. The van der Waals surface area contributed by atoms with E-state index in [0.29, 0.717) is 16.6 Å². The molecule has 0 bridgehead atoms. The van der Waals surface area contributed by atoms with E-state index in [0.717, 1.165) is 37.8 Å². The Balaban J connectivity index is 0.00000243. The first-order valence-electron chi connectivity index (χ1n) is 9.00. The molecule has 5 heteroatoms. The number of hydrogen-bond acceptors (Lipinski definition) is 2. The summed E-state index contributed by atoms with van der Waals surface area (Å²) in [5, 5.41) is 15.9. The number of halogens is 3. The molecule has 1 aliphatic carbocycles. The first kappa shape index (κ1) is 21.5. The van der Waals surface area contributed by atoms with Crippen molar-refractivity contribution in [2.45, 2.75) is 50.2 Å². The topological polar surface area (TPSA) is 32.3 Å². The van der Waals surface area contributed by atoms with Gasteiger partial charge in [0.25, 0.3) is 0 Å². The molecule has 1 saturated carbocycles. The van der Waals surface area contributed by atoms with Crippen LogP contribution in [0.5, 0.6) is 0 Å². The highest BCUT2D eigenvalue weighted by molar-refractivity contribution is 6.42. The fraction of sp³-hybridized carbons (Fsp3) is 0.429. The van der Waals surface area contributed by atoms with Crippen LogP contribution in [0.3, 0.4) is 0 Å². The molecular formula is C21H26Cl3NO. The van der Waals surface area contributed by atoms with Crippen LogP contribution < -0.4 is 5.32 Å². The molecule has 3 rings (SSSR count). The molecule has 2 aromatic rings. The molecule has 0 radical (unpaired) electrons. The molecule has 0 amide bonds. The third kappa shape index (κ3) is 5.37. The van der Waals surface area contributed by atoms with Crippen molar-refractivity contribution in [3.63, 3.8) is 0 Å². The normalized spacial score (nSPS) is 17.3. The van der Waals surface area contributed by atoms with E-state index in [4.69, 9.17) is 23.2 Å². The fourth-order valence-corrected chi connectivity index (χ4v) is 4.12. The highest BCUT2D eigenvalue weighted by Crippen LogP contribution is 2.41. The van der Waals surface area contributed by atoms with Crippen LogP contribution in [-0.4, -0.2) is 17.3 Å². The van der Waals surface area contributed by atoms with Crippen molar-refractivity contribution in [1.82, 2.24) is 5.32 Å². The van der Waals surface area contributed by atoms with Crippen molar-refractivity contribution >= 4 is 35.6 Å². The molecule has 0 saturated heterocycles. The minimum atomic E-state index is -0.681. The SMILES string of the molecule is Cl.OC1(C(CNCc2ccccc2)c2ccc(Cl)c(Cl)c2)CCCCC1. The summed E-state index contributed by atoms with van der Waals surface area (Å²) in [6, 6.07) is 16.1. The third-order valence-electron chi connectivity index (χ3n) is 5.23. The summed E-state index contributed by atoms with van der Waals surface area (Å²) in [6.07, 6.45) is 5.03. The predicted octanol–water partition coefficient (Wildman–Crippen LogP) is 5.98. The number of rotatable bonds is 6. The van der Waals surface area contributed by atoms with Crippen molar-refractivity contribution in [3.8, 4) is 0 Å². The van der Waals surface area contributed by atoms with Gasteiger partial charge in [-0.1, -0.05) is 78.9 Å². The van der Waals surface area contributed by atoms with E-state index in [2.05, 4.69) is 17.4 Å². The molecule has 142 valence electrons. The van der Waals surface area contributed by atoms with E-state index < -0.39 is 5.60 Å². The van der Waals surface area contributed by atoms with Gasteiger partial charge < -0.3 is 10.4 Å². The second-order valence-electron chi connectivity index (χ2n) is 7.01. The summed E-state index contributed by atoms with van der Waals surface area (Å²) >= 11 is 12.3. The van der Waals surface area contributed by atoms with Gasteiger partial charge in [-0.25, -0.2) is 0 Å². The van der Waals surface area contributed by atoms with Gasteiger partial charge in [0.1, 0.15) is 0 Å².